The van der Waals surface area contributed by atoms with Gasteiger partial charge >= 0.3 is 0 Å². The smallest absolute Gasteiger partial charge is 0.252 e. The van der Waals surface area contributed by atoms with Gasteiger partial charge in [-0.15, -0.1) is 0 Å². The first-order chi connectivity index (χ1) is 12.0. The predicted molar refractivity (Wildman–Crippen MR) is 102 cm³/mol. The fraction of sp³-hybridized carbons (Fsp3) is 0.263. The van der Waals surface area contributed by atoms with Crippen LogP contribution in [0.3, 0.4) is 0 Å². The molecule has 0 saturated carbocycles. The highest BCUT2D eigenvalue weighted by atomic mass is 35.5. The van der Waals surface area contributed by atoms with Crippen molar-refractivity contribution in [3.63, 3.8) is 0 Å². The number of carbonyl (C=O) groups is 2. The zero-order chi connectivity index (χ0) is 18.2. The summed E-state index contributed by atoms with van der Waals surface area (Å²) in [5, 5.41) is 5.88. The molecule has 5 nitrogen and oxygen atoms in total. The van der Waals surface area contributed by atoms with Crippen LogP contribution in [0.5, 0.6) is 0 Å². The molecule has 2 aromatic rings. The summed E-state index contributed by atoms with van der Waals surface area (Å²) in [6, 6.07) is 14.5. The van der Waals surface area contributed by atoms with Crippen molar-refractivity contribution in [1.82, 2.24) is 5.32 Å². The first kappa shape index (κ1) is 18.8. The van der Waals surface area contributed by atoms with Crippen molar-refractivity contribution in [2.24, 2.45) is 0 Å². The fourth-order valence-corrected chi connectivity index (χ4v) is 2.57. The molecule has 132 valence electrons. The van der Waals surface area contributed by atoms with Gasteiger partial charge in [0.2, 0.25) is 5.91 Å². The van der Waals surface area contributed by atoms with E-state index < -0.39 is 0 Å². The molecule has 0 aliphatic carbocycles. The average molecular weight is 360 g/mol. The number of hydrogen-bond donors (Lipinski definition) is 2. The Kier molecular flexibility index (Phi) is 6.83. The van der Waals surface area contributed by atoms with Crippen LogP contribution in [0.4, 0.5) is 11.4 Å². The van der Waals surface area contributed by atoms with Crippen LogP contribution in [-0.4, -0.2) is 32.0 Å². The standard InChI is InChI=1S/C19H22ClN3O2/c1-3-11-21-19(25)16-10-9-14(12-17(16)20)22-18(24)13-23(2)15-7-5-4-6-8-15/h4-10,12H,3,11,13H2,1-2H3,(H,21,25)(H,22,24). The highest BCUT2D eigenvalue weighted by Gasteiger charge is 2.12. The van der Waals surface area contributed by atoms with E-state index in [9.17, 15) is 9.59 Å². The molecule has 0 spiro atoms. The maximum Gasteiger partial charge on any atom is 0.252 e. The van der Waals surface area contributed by atoms with Crippen molar-refractivity contribution >= 4 is 34.8 Å². The van der Waals surface area contributed by atoms with Gasteiger partial charge in [0.1, 0.15) is 0 Å². The van der Waals surface area contributed by atoms with E-state index in [1.165, 1.54) is 0 Å². The van der Waals surface area contributed by atoms with Gasteiger partial charge in [0.25, 0.3) is 5.91 Å². The molecule has 0 aromatic heterocycles. The third kappa shape index (κ3) is 5.50. The van der Waals surface area contributed by atoms with Crippen molar-refractivity contribution in [2.75, 3.05) is 30.4 Å². The second-order valence-corrected chi connectivity index (χ2v) is 6.10. The van der Waals surface area contributed by atoms with Gasteiger partial charge in [-0.2, -0.15) is 0 Å². The van der Waals surface area contributed by atoms with Crippen LogP contribution in [0, 0.1) is 0 Å². The Hall–Kier alpha value is -2.53. The van der Waals surface area contributed by atoms with Crippen LogP contribution in [0.1, 0.15) is 23.7 Å². The van der Waals surface area contributed by atoms with Crippen molar-refractivity contribution < 1.29 is 9.59 Å². The molecule has 0 aliphatic rings. The largest absolute Gasteiger partial charge is 0.365 e. The summed E-state index contributed by atoms with van der Waals surface area (Å²) in [7, 11) is 1.85. The van der Waals surface area contributed by atoms with Crippen LogP contribution in [-0.2, 0) is 4.79 Å². The highest BCUT2D eigenvalue weighted by Crippen LogP contribution is 2.21. The van der Waals surface area contributed by atoms with Gasteiger partial charge in [0, 0.05) is 25.0 Å². The lowest BCUT2D eigenvalue weighted by molar-refractivity contribution is -0.114. The lowest BCUT2D eigenvalue weighted by Gasteiger charge is -2.18. The second kappa shape index (κ2) is 9.08. The Bertz CT molecular complexity index is 735. The molecule has 0 saturated heterocycles. The molecule has 6 heteroatoms. The zero-order valence-corrected chi connectivity index (χ0v) is 15.1. The third-order valence-corrected chi connectivity index (χ3v) is 3.92. The van der Waals surface area contributed by atoms with Gasteiger partial charge in [-0.1, -0.05) is 36.7 Å². The molecule has 0 bridgehead atoms. The average Bonchev–Trinajstić information content (AvgIpc) is 2.60. The molecule has 2 amide bonds. The summed E-state index contributed by atoms with van der Waals surface area (Å²) in [5.74, 6) is -0.376. The molecule has 0 radical (unpaired) electrons. The van der Waals surface area contributed by atoms with E-state index in [1.807, 2.05) is 49.2 Å². The predicted octanol–water partition coefficient (Wildman–Crippen LogP) is 3.55. The summed E-state index contributed by atoms with van der Waals surface area (Å²) in [4.78, 5) is 26.0. The normalized spacial score (nSPS) is 10.2. The van der Waals surface area contributed by atoms with Crippen LogP contribution in [0.2, 0.25) is 5.02 Å². The number of nitrogens with one attached hydrogen (secondary N) is 2. The quantitative estimate of drug-likeness (QED) is 0.794. The number of likely N-dealkylation sites (N-methyl/N-ethyl adjacent to an activating group) is 1. The molecule has 0 heterocycles. The number of nitrogens with zero attached hydrogens (tertiary/aromatic N) is 1. The minimum Gasteiger partial charge on any atom is -0.365 e. The first-order valence-electron chi connectivity index (χ1n) is 8.15. The summed E-state index contributed by atoms with van der Waals surface area (Å²) in [6.07, 6.45) is 0.854. The fourth-order valence-electron chi connectivity index (χ4n) is 2.30. The lowest BCUT2D eigenvalue weighted by Crippen LogP contribution is -2.30. The van der Waals surface area contributed by atoms with Crippen LogP contribution < -0.4 is 15.5 Å². The van der Waals surface area contributed by atoms with E-state index in [1.54, 1.807) is 18.2 Å². The van der Waals surface area contributed by atoms with Crippen LogP contribution in [0.15, 0.2) is 48.5 Å². The molecule has 2 aromatic carbocycles. The molecule has 0 atom stereocenters. The lowest BCUT2D eigenvalue weighted by atomic mass is 10.2. The van der Waals surface area contributed by atoms with Gasteiger partial charge < -0.3 is 15.5 Å². The van der Waals surface area contributed by atoms with E-state index in [0.29, 0.717) is 22.8 Å². The summed E-state index contributed by atoms with van der Waals surface area (Å²) in [6.45, 7) is 2.78. The molecule has 2 rings (SSSR count). The molecular formula is C19H22ClN3O2. The maximum absolute atomic E-state index is 12.2. The topological polar surface area (TPSA) is 61.4 Å². The minimum atomic E-state index is -0.214. The molecule has 25 heavy (non-hydrogen) atoms. The Morgan fingerprint density at radius 2 is 1.84 bits per heavy atom. The monoisotopic (exact) mass is 359 g/mol. The summed E-state index contributed by atoms with van der Waals surface area (Å²) >= 11 is 6.17. The van der Waals surface area contributed by atoms with Gasteiger partial charge in [0.15, 0.2) is 0 Å². The summed E-state index contributed by atoms with van der Waals surface area (Å²) < 4.78 is 0. The minimum absolute atomic E-state index is 0.161. The zero-order valence-electron chi connectivity index (χ0n) is 14.4. The summed E-state index contributed by atoms with van der Waals surface area (Å²) in [5.41, 5.74) is 1.91. The Morgan fingerprint density at radius 1 is 1.12 bits per heavy atom. The molecular weight excluding hydrogens is 338 g/mol. The molecule has 0 fully saturated rings. The third-order valence-electron chi connectivity index (χ3n) is 3.61. The van der Waals surface area contributed by atoms with Crippen molar-refractivity contribution in [1.29, 1.82) is 0 Å². The van der Waals surface area contributed by atoms with Crippen molar-refractivity contribution in [3.05, 3.63) is 59.1 Å². The Balaban J connectivity index is 1.97. The number of rotatable bonds is 7. The Labute approximate surface area is 153 Å². The van der Waals surface area contributed by atoms with Crippen LogP contribution >= 0.6 is 11.6 Å². The van der Waals surface area contributed by atoms with E-state index in [0.717, 1.165) is 12.1 Å². The highest BCUT2D eigenvalue weighted by molar-refractivity contribution is 6.34. The number of para-hydroxylation sites is 1. The Morgan fingerprint density at radius 3 is 2.48 bits per heavy atom. The second-order valence-electron chi connectivity index (χ2n) is 5.69. The van der Waals surface area contributed by atoms with E-state index in [-0.39, 0.29) is 18.4 Å². The van der Waals surface area contributed by atoms with Crippen molar-refractivity contribution in [2.45, 2.75) is 13.3 Å². The number of carbonyl (C=O) groups excluding carboxylic acids is 2. The van der Waals surface area contributed by atoms with E-state index in [4.69, 9.17) is 11.6 Å². The van der Waals surface area contributed by atoms with Gasteiger partial charge in [-0.05, 0) is 36.8 Å². The van der Waals surface area contributed by atoms with E-state index >= 15 is 0 Å². The van der Waals surface area contributed by atoms with Gasteiger partial charge in [0.05, 0.1) is 17.1 Å². The molecule has 0 unspecified atom stereocenters. The SMILES string of the molecule is CCCNC(=O)c1ccc(NC(=O)CN(C)c2ccccc2)cc1Cl. The van der Waals surface area contributed by atoms with Gasteiger partial charge in [-0.25, -0.2) is 0 Å². The van der Waals surface area contributed by atoms with Gasteiger partial charge in [-0.3, -0.25) is 9.59 Å². The maximum atomic E-state index is 12.2. The van der Waals surface area contributed by atoms with Crippen LogP contribution in [0.25, 0.3) is 0 Å². The first-order valence-corrected chi connectivity index (χ1v) is 8.53. The van der Waals surface area contributed by atoms with Crippen molar-refractivity contribution in [3.8, 4) is 0 Å². The van der Waals surface area contributed by atoms with E-state index in [2.05, 4.69) is 10.6 Å². The number of hydrogen-bond acceptors (Lipinski definition) is 3. The molecule has 2 N–H and O–H groups in total. The number of anilines is 2. The number of halogens is 1. The number of benzene rings is 2. The molecule has 0 aliphatic heterocycles. The number of amides is 2.